The Labute approximate surface area is 181 Å². The molecule has 5 nitrogen and oxygen atoms in total. The van der Waals surface area contributed by atoms with Gasteiger partial charge in [0.15, 0.2) is 0 Å². The van der Waals surface area contributed by atoms with Crippen molar-refractivity contribution < 1.29 is 13.2 Å². The summed E-state index contributed by atoms with van der Waals surface area (Å²) in [5, 5.41) is 9.15. The minimum atomic E-state index is -4.54. The van der Waals surface area contributed by atoms with E-state index >= 15 is 0 Å². The maximum atomic E-state index is 13.1. The topological polar surface area (TPSA) is 54.3 Å². The summed E-state index contributed by atoms with van der Waals surface area (Å²) in [5.74, 6) is 0. The normalized spacial score (nSPS) is 22.3. The number of hydrogen-bond donors (Lipinski definition) is 2. The number of benzene rings is 1. The second-order valence-corrected chi connectivity index (χ2v) is 8.17. The van der Waals surface area contributed by atoms with Gasteiger partial charge in [-0.2, -0.15) is 32.0 Å². The molecule has 0 saturated carbocycles. The van der Waals surface area contributed by atoms with Gasteiger partial charge >= 0.3 is 6.18 Å². The average Bonchev–Trinajstić information content (AvgIpc) is 3.03. The zero-order chi connectivity index (χ0) is 21.2. The molecule has 1 aromatic carbocycles. The van der Waals surface area contributed by atoms with Crippen molar-refractivity contribution in [2.45, 2.75) is 30.3 Å². The Kier molecular flexibility index (Phi) is 7.19. The van der Waals surface area contributed by atoms with Crippen molar-refractivity contribution in [1.82, 2.24) is 15.7 Å². The summed E-state index contributed by atoms with van der Waals surface area (Å²) in [6.45, 7) is 0.451. The molecule has 1 saturated heterocycles. The first-order valence-electron chi connectivity index (χ1n) is 8.63. The van der Waals surface area contributed by atoms with Gasteiger partial charge in [-0.3, -0.25) is 15.3 Å². The third-order valence-electron chi connectivity index (χ3n) is 4.53. The zero-order valence-corrected chi connectivity index (χ0v) is 17.9. The van der Waals surface area contributed by atoms with Crippen molar-refractivity contribution in [3.63, 3.8) is 0 Å². The highest BCUT2D eigenvalue weighted by atomic mass is 35.5. The third-order valence-corrected chi connectivity index (χ3v) is 6.16. The largest absolute Gasteiger partial charge is 0.647 e. The first-order valence-corrected chi connectivity index (χ1v) is 10.7. The van der Waals surface area contributed by atoms with E-state index in [2.05, 4.69) is 21.0 Å². The van der Waals surface area contributed by atoms with Crippen LogP contribution in [0.3, 0.4) is 0 Å². The third kappa shape index (κ3) is 4.92. The highest BCUT2D eigenvalue weighted by molar-refractivity contribution is 7.99. The van der Waals surface area contributed by atoms with Gasteiger partial charge in [0.05, 0.1) is 27.0 Å². The van der Waals surface area contributed by atoms with Gasteiger partial charge in [-0.1, -0.05) is 29.3 Å². The van der Waals surface area contributed by atoms with Crippen LogP contribution >= 0.6 is 35.0 Å². The molecule has 0 spiro atoms. The van der Waals surface area contributed by atoms with Gasteiger partial charge < -0.3 is 5.32 Å². The lowest BCUT2D eigenvalue weighted by atomic mass is 10.2. The molecule has 3 rings (SSSR count). The lowest BCUT2D eigenvalue weighted by molar-refractivity contribution is -0.137. The van der Waals surface area contributed by atoms with E-state index in [-0.39, 0.29) is 33.3 Å². The van der Waals surface area contributed by atoms with Gasteiger partial charge in [-0.15, -0.1) is 0 Å². The molecule has 2 heterocycles. The molecular formula is C18H19Cl2F3N5S-. The Balaban J connectivity index is 1.94. The number of hydrogen-bond acceptors (Lipinski definition) is 5. The van der Waals surface area contributed by atoms with Gasteiger partial charge in [-0.25, -0.2) is 5.43 Å². The van der Waals surface area contributed by atoms with Gasteiger partial charge in [0, 0.05) is 18.0 Å². The van der Waals surface area contributed by atoms with E-state index in [4.69, 9.17) is 23.2 Å². The maximum absolute atomic E-state index is 13.1. The van der Waals surface area contributed by atoms with Crippen molar-refractivity contribution in [2.75, 3.05) is 18.3 Å². The Bertz CT molecular complexity index is 817. The number of hydrazine groups is 1. The fourth-order valence-corrected chi connectivity index (χ4v) is 4.75. The number of anilines is 1. The van der Waals surface area contributed by atoms with Gasteiger partial charge in [0.1, 0.15) is 6.17 Å². The molecule has 0 radical (unpaired) electrons. The number of rotatable bonds is 6. The number of halogens is 5. The average molecular weight is 465 g/mol. The predicted molar refractivity (Wildman–Crippen MR) is 112 cm³/mol. The molecule has 0 bridgehead atoms. The Morgan fingerprint density at radius 2 is 1.97 bits per heavy atom. The summed E-state index contributed by atoms with van der Waals surface area (Å²) in [6, 6.07) is 7.35. The molecule has 0 aliphatic carbocycles. The van der Waals surface area contributed by atoms with Crippen LogP contribution in [0.4, 0.5) is 18.9 Å². The number of thioether (sulfide) groups is 1. The van der Waals surface area contributed by atoms with Gasteiger partial charge in [-0.05, 0) is 36.7 Å². The van der Waals surface area contributed by atoms with E-state index in [9.17, 15) is 13.2 Å². The van der Waals surface area contributed by atoms with E-state index in [1.807, 2.05) is 24.5 Å². The minimum absolute atomic E-state index is 0.0434. The molecule has 2 N–H and O–H groups in total. The van der Waals surface area contributed by atoms with Crippen LogP contribution in [-0.2, 0) is 12.7 Å². The molecule has 1 aliphatic rings. The van der Waals surface area contributed by atoms with Crippen LogP contribution in [0.15, 0.2) is 36.5 Å². The Morgan fingerprint density at radius 3 is 2.48 bits per heavy atom. The monoisotopic (exact) mass is 464 g/mol. The second-order valence-electron chi connectivity index (χ2n) is 6.34. The molecule has 158 valence electrons. The SMILES string of the molecule is C[N-]C1NN(c2c(Cl)cc(C(F)(F)F)cc2Cl)C(NCc2ccccn2)C1SC. The van der Waals surface area contributed by atoms with E-state index in [0.717, 1.165) is 17.8 Å². The Morgan fingerprint density at radius 1 is 1.28 bits per heavy atom. The number of pyridine rings is 1. The summed E-state index contributed by atoms with van der Waals surface area (Å²) in [7, 11) is 1.68. The summed E-state index contributed by atoms with van der Waals surface area (Å²) in [4.78, 5) is 4.29. The lowest BCUT2D eigenvalue weighted by Gasteiger charge is -2.31. The fraction of sp³-hybridized carbons (Fsp3) is 0.389. The van der Waals surface area contributed by atoms with Crippen molar-refractivity contribution in [3.8, 4) is 0 Å². The van der Waals surface area contributed by atoms with E-state index in [0.29, 0.717) is 6.54 Å². The van der Waals surface area contributed by atoms with Crippen LogP contribution in [0, 0.1) is 0 Å². The van der Waals surface area contributed by atoms with Gasteiger partial charge in [0.2, 0.25) is 0 Å². The minimum Gasteiger partial charge on any atom is -0.647 e. The summed E-state index contributed by atoms with van der Waals surface area (Å²) >= 11 is 14.1. The number of aromatic nitrogens is 1. The van der Waals surface area contributed by atoms with Crippen LogP contribution < -0.4 is 15.8 Å². The van der Waals surface area contributed by atoms with Crippen molar-refractivity contribution in [2.24, 2.45) is 0 Å². The molecule has 11 heteroatoms. The quantitative estimate of drug-likeness (QED) is 0.635. The molecule has 3 atom stereocenters. The van der Waals surface area contributed by atoms with Crippen molar-refractivity contribution >= 4 is 40.7 Å². The van der Waals surface area contributed by atoms with E-state index in [1.165, 1.54) is 0 Å². The molecule has 1 aromatic heterocycles. The first-order chi connectivity index (χ1) is 13.8. The highest BCUT2D eigenvalue weighted by Crippen LogP contribution is 2.42. The van der Waals surface area contributed by atoms with Gasteiger partial charge in [0.25, 0.3) is 0 Å². The smallest absolute Gasteiger partial charge is 0.416 e. The molecule has 2 aromatic rings. The standard InChI is InChI=1S/C18H19Cl2F3N5S/c1-24-16-15(29-2)17(26-9-11-5-3-4-6-25-11)28(27-16)14-12(19)7-10(8-13(14)20)18(21,22)23/h3-8,15-17,26-27H,9H2,1-2H3/q-1. The molecule has 29 heavy (non-hydrogen) atoms. The van der Waals surface area contributed by atoms with Crippen LogP contribution in [0.5, 0.6) is 0 Å². The molecule has 0 amide bonds. The maximum Gasteiger partial charge on any atom is 0.416 e. The van der Waals surface area contributed by atoms with Crippen LogP contribution in [0.25, 0.3) is 5.32 Å². The summed E-state index contributed by atoms with van der Waals surface area (Å²) in [5.41, 5.74) is 3.40. The molecule has 1 aliphatic heterocycles. The van der Waals surface area contributed by atoms with E-state index in [1.54, 1.807) is 30.0 Å². The number of nitrogens with one attached hydrogen (secondary N) is 2. The predicted octanol–water partition coefficient (Wildman–Crippen LogP) is 4.91. The summed E-state index contributed by atoms with van der Waals surface area (Å²) < 4.78 is 39.3. The Hall–Kier alpha value is -1.23. The first kappa shape index (κ1) is 22.5. The summed E-state index contributed by atoms with van der Waals surface area (Å²) in [6.07, 6.45) is -1.52. The number of nitrogens with zero attached hydrogens (tertiary/aromatic N) is 3. The van der Waals surface area contributed by atoms with E-state index < -0.39 is 11.7 Å². The fourth-order valence-electron chi connectivity index (χ4n) is 3.16. The second kappa shape index (κ2) is 9.28. The van der Waals surface area contributed by atoms with Crippen LogP contribution in [-0.4, -0.2) is 35.9 Å². The van der Waals surface area contributed by atoms with Crippen LogP contribution in [0.1, 0.15) is 11.3 Å². The molecule has 3 unspecified atom stereocenters. The zero-order valence-electron chi connectivity index (χ0n) is 15.5. The molecular weight excluding hydrogens is 446 g/mol. The van der Waals surface area contributed by atoms with Crippen molar-refractivity contribution in [3.05, 3.63) is 63.1 Å². The number of alkyl halides is 3. The molecule has 1 fully saturated rings. The van der Waals surface area contributed by atoms with Crippen molar-refractivity contribution in [1.29, 1.82) is 0 Å². The van der Waals surface area contributed by atoms with Crippen LogP contribution in [0.2, 0.25) is 10.0 Å². The lowest BCUT2D eigenvalue weighted by Crippen LogP contribution is -2.48. The highest BCUT2D eigenvalue weighted by Gasteiger charge is 2.39.